The SMILES string of the molecule is NC(=O)c1cnc(C2COc3ccccc32)nc1N. The average Bonchev–Trinajstić information content (AvgIpc) is 2.82. The summed E-state index contributed by atoms with van der Waals surface area (Å²) in [5, 5.41) is 0. The smallest absolute Gasteiger partial charge is 0.254 e. The molecule has 1 aliphatic rings. The van der Waals surface area contributed by atoms with E-state index in [4.69, 9.17) is 16.2 Å². The van der Waals surface area contributed by atoms with Crippen molar-refractivity contribution in [1.29, 1.82) is 0 Å². The van der Waals surface area contributed by atoms with Crippen molar-refractivity contribution in [1.82, 2.24) is 9.97 Å². The van der Waals surface area contributed by atoms with Gasteiger partial charge >= 0.3 is 0 Å². The molecule has 1 aromatic carbocycles. The number of nitrogens with zero attached hydrogens (tertiary/aromatic N) is 2. The van der Waals surface area contributed by atoms with Gasteiger partial charge in [0.2, 0.25) is 0 Å². The zero-order chi connectivity index (χ0) is 13.4. The highest BCUT2D eigenvalue weighted by Crippen LogP contribution is 2.36. The minimum absolute atomic E-state index is 0.0690. The van der Waals surface area contributed by atoms with E-state index in [1.807, 2.05) is 24.3 Å². The van der Waals surface area contributed by atoms with Crippen LogP contribution in [0.5, 0.6) is 5.75 Å². The molecular weight excluding hydrogens is 244 g/mol. The van der Waals surface area contributed by atoms with Gasteiger partial charge in [0.1, 0.15) is 24.0 Å². The van der Waals surface area contributed by atoms with Gasteiger partial charge in [-0.3, -0.25) is 4.79 Å². The summed E-state index contributed by atoms with van der Waals surface area (Å²) in [6, 6.07) is 7.71. The molecule has 2 heterocycles. The van der Waals surface area contributed by atoms with Crippen molar-refractivity contribution in [3.63, 3.8) is 0 Å². The van der Waals surface area contributed by atoms with Crippen LogP contribution in [0, 0.1) is 0 Å². The van der Waals surface area contributed by atoms with Crippen LogP contribution in [0.15, 0.2) is 30.5 Å². The van der Waals surface area contributed by atoms with Gasteiger partial charge in [0.15, 0.2) is 0 Å². The largest absolute Gasteiger partial charge is 0.492 e. The Morgan fingerprint density at radius 2 is 2.16 bits per heavy atom. The summed E-state index contributed by atoms with van der Waals surface area (Å²) in [5.74, 6) is 0.760. The predicted octanol–water partition coefficient (Wildman–Crippen LogP) is 0.682. The number of primary amides is 1. The lowest BCUT2D eigenvalue weighted by Gasteiger charge is -2.09. The van der Waals surface area contributed by atoms with E-state index >= 15 is 0 Å². The molecular formula is C13H12N4O2. The second kappa shape index (κ2) is 4.24. The van der Waals surface area contributed by atoms with Gasteiger partial charge in [-0.1, -0.05) is 18.2 Å². The normalized spacial score (nSPS) is 16.7. The van der Waals surface area contributed by atoms with Gasteiger partial charge in [-0.15, -0.1) is 0 Å². The zero-order valence-electron chi connectivity index (χ0n) is 10.0. The van der Waals surface area contributed by atoms with Gasteiger partial charge in [0.25, 0.3) is 5.91 Å². The Bertz CT molecular complexity index is 657. The topological polar surface area (TPSA) is 104 Å². The molecule has 1 atom stereocenters. The Morgan fingerprint density at radius 1 is 1.37 bits per heavy atom. The number of ether oxygens (including phenoxy) is 1. The minimum atomic E-state index is -0.632. The number of anilines is 1. The molecule has 1 unspecified atom stereocenters. The second-order valence-electron chi connectivity index (χ2n) is 4.29. The average molecular weight is 256 g/mol. The molecule has 2 aromatic rings. The summed E-state index contributed by atoms with van der Waals surface area (Å²) in [5.41, 5.74) is 12.0. The van der Waals surface area contributed by atoms with E-state index in [2.05, 4.69) is 9.97 Å². The fourth-order valence-corrected chi connectivity index (χ4v) is 2.14. The maximum atomic E-state index is 11.1. The maximum absolute atomic E-state index is 11.1. The molecule has 6 heteroatoms. The van der Waals surface area contributed by atoms with Crippen molar-refractivity contribution in [3.05, 3.63) is 47.4 Å². The standard InChI is InChI=1S/C13H12N4O2/c14-11-8(12(15)18)5-16-13(17-11)9-6-19-10-4-2-1-3-7(9)10/h1-5,9H,6H2,(H2,15,18)(H2,14,16,17). The highest BCUT2D eigenvalue weighted by Gasteiger charge is 2.28. The van der Waals surface area contributed by atoms with Gasteiger partial charge in [-0.25, -0.2) is 9.97 Å². The van der Waals surface area contributed by atoms with Gasteiger partial charge in [0, 0.05) is 11.8 Å². The van der Waals surface area contributed by atoms with Gasteiger partial charge in [-0.2, -0.15) is 0 Å². The molecule has 19 heavy (non-hydrogen) atoms. The molecule has 3 rings (SSSR count). The van der Waals surface area contributed by atoms with Crippen LogP contribution in [0.2, 0.25) is 0 Å². The number of benzene rings is 1. The van der Waals surface area contributed by atoms with Crippen molar-refractivity contribution >= 4 is 11.7 Å². The van der Waals surface area contributed by atoms with Gasteiger partial charge in [-0.05, 0) is 6.07 Å². The van der Waals surface area contributed by atoms with Gasteiger partial charge < -0.3 is 16.2 Å². The van der Waals surface area contributed by atoms with Crippen LogP contribution in [0.1, 0.15) is 27.7 Å². The van der Waals surface area contributed by atoms with E-state index < -0.39 is 5.91 Å². The molecule has 96 valence electrons. The van der Waals surface area contributed by atoms with Crippen LogP contribution in [0.25, 0.3) is 0 Å². The Kier molecular flexibility index (Phi) is 2.56. The zero-order valence-corrected chi connectivity index (χ0v) is 10.0. The van der Waals surface area contributed by atoms with Gasteiger partial charge in [0.05, 0.1) is 11.5 Å². The molecule has 0 spiro atoms. The number of nitrogens with two attached hydrogens (primary N) is 2. The first-order valence-electron chi connectivity index (χ1n) is 5.80. The van der Waals surface area contributed by atoms with Crippen LogP contribution in [-0.4, -0.2) is 22.5 Å². The molecule has 0 fully saturated rings. The summed E-state index contributed by atoms with van der Waals surface area (Å²) < 4.78 is 5.57. The molecule has 6 nitrogen and oxygen atoms in total. The number of carbonyl (C=O) groups is 1. The van der Waals surface area contributed by atoms with Crippen molar-refractivity contribution in [2.24, 2.45) is 5.73 Å². The molecule has 1 amide bonds. The minimum Gasteiger partial charge on any atom is -0.492 e. The maximum Gasteiger partial charge on any atom is 0.254 e. The van der Waals surface area contributed by atoms with Crippen molar-refractivity contribution in [3.8, 4) is 5.75 Å². The Morgan fingerprint density at radius 3 is 2.89 bits per heavy atom. The Hall–Kier alpha value is -2.63. The van der Waals surface area contributed by atoms with E-state index in [0.29, 0.717) is 12.4 Å². The summed E-state index contributed by atoms with van der Waals surface area (Å²) in [6.45, 7) is 0.467. The van der Waals surface area contributed by atoms with Crippen LogP contribution >= 0.6 is 0 Å². The Labute approximate surface area is 109 Å². The van der Waals surface area contributed by atoms with Crippen LogP contribution in [0.4, 0.5) is 5.82 Å². The third-order valence-electron chi connectivity index (χ3n) is 3.11. The third kappa shape index (κ3) is 1.87. The first-order valence-corrected chi connectivity index (χ1v) is 5.80. The number of fused-ring (bicyclic) bond motifs is 1. The summed E-state index contributed by atoms with van der Waals surface area (Å²) in [6.07, 6.45) is 1.36. The van der Waals surface area contributed by atoms with Crippen LogP contribution in [0.3, 0.4) is 0 Å². The number of nitrogen functional groups attached to an aromatic ring is 1. The Balaban J connectivity index is 2.01. The quantitative estimate of drug-likeness (QED) is 0.822. The lowest BCUT2D eigenvalue weighted by atomic mass is 10.0. The number of hydrogen-bond donors (Lipinski definition) is 2. The molecule has 0 bridgehead atoms. The van der Waals surface area contributed by atoms with E-state index in [9.17, 15) is 4.79 Å². The molecule has 4 N–H and O–H groups in total. The lowest BCUT2D eigenvalue weighted by molar-refractivity contribution is 0.100. The lowest BCUT2D eigenvalue weighted by Crippen LogP contribution is -2.17. The first kappa shape index (κ1) is 11.5. The van der Waals surface area contributed by atoms with Crippen molar-refractivity contribution in [2.75, 3.05) is 12.3 Å². The predicted molar refractivity (Wildman–Crippen MR) is 68.7 cm³/mol. The number of para-hydroxylation sites is 1. The monoisotopic (exact) mass is 256 g/mol. The second-order valence-corrected chi connectivity index (χ2v) is 4.29. The highest BCUT2D eigenvalue weighted by atomic mass is 16.5. The van der Waals surface area contributed by atoms with Crippen molar-refractivity contribution < 1.29 is 9.53 Å². The van der Waals surface area contributed by atoms with E-state index in [-0.39, 0.29) is 17.3 Å². The third-order valence-corrected chi connectivity index (χ3v) is 3.11. The summed E-state index contributed by atoms with van der Waals surface area (Å²) in [7, 11) is 0. The summed E-state index contributed by atoms with van der Waals surface area (Å²) in [4.78, 5) is 19.4. The van der Waals surface area contributed by atoms with Crippen LogP contribution < -0.4 is 16.2 Å². The number of aromatic nitrogens is 2. The van der Waals surface area contributed by atoms with E-state index in [1.54, 1.807) is 0 Å². The molecule has 0 radical (unpaired) electrons. The number of amides is 1. The molecule has 1 aromatic heterocycles. The molecule has 1 aliphatic heterocycles. The molecule has 0 aliphatic carbocycles. The van der Waals surface area contributed by atoms with Crippen molar-refractivity contribution in [2.45, 2.75) is 5.92 Å². The number of hydrogen-bond acceptors (Lipinski definition) is 5. The fraction of sp³-hybridized carbons (Fsp3) is 0.154. The summed E-state index contributed by atoms with van der Waals surface area (Å²) >= 11 is 0. The van der Waals surface area contributed by atoms with E-state index in [1.165, 1.54) is 6.20 Å². The molecule has 0 saturated heterocycles. The number of rotatable bonds is 2. The molecule has 0 saturated carbocycles. The van der Waals surface area contributed by atoms with E-state index in [0.717, 1.165) is 11.3 Å². The number of carbonyl (C=O) groups excluding carboxylic acids is 1. The highest BCUT2D eigenvalue weighted by molar-refractivity contribution is 5.96. The fourth-order valence-electron chi connectivity index (χ4n) is 2.14. The first-order chi connectivity index (χ1) is 9.16. The van der Waals surface area contributed by atoms with Crippen LogP contribution in [-0.2, 0) is 0 Å².